The molecule has 33 heavy (non-hydrogen) atoms. The third kappa shape index (κ3) is 4.02. The Morgan fingerprint density at radius 1 is 1.30 bits per heavy atom. The number of hydrogen-bond acceptors (Lipinski definition) is 6. The molecular weight excluding hydrogens is 424 g/mol. The molecule has 1 aromatic heterocycles. The fourth-order valence-corrected chi connectivity index (χ4v) is 5.71. The van der Waals surface area contributed by atoms with E-state index in [9.17, 15) is 19.5 Å². The van der Waals surface area contributed by atoms with Gasteiger partial charge in [-0.1, -0.05) is 26.0 Å². The molecule has 1 spiro atoms. The molecule has 2 saturated carbocycles. The summed E-state index contributed by atoms with van der Waals surface area (Å²) >= 11 is 0. The van der Waals surface area contributed by atoms with Crippen LogP contribution in [0.1, 0.15) is 76.9 Å². The van der Waals surface area contributed by atoms with Gasteiger partial charge in [0, 0.05) is 37.7 Å². The molecule has 4 aliphatic rings. The lowest BCUT2D eigenvalue weighted by Crippen LogP contribution is -2.57. The molecule has 2 aliphatic heterocycles. The van der Waals surface area contributed by atoms with Crippen LogP contribution in [-0.4, -0.2) is 74.0 Å². The number of aliphatic hydroxyl groups is 1. The summed E-state index contributed by atoms with van der Waals surface area (Å²) < 4.78 is 1.63. The number of carbonyl (C=O) groups is 3. The van der Waals surface area contributed by atoms with Crippen molar-refractivity contribution in [2.75, 3.05) is 13.1 Å². The van der Waals surface area contributed by atoms with Gasteiger partial charge in [-0.3, -0.25) is 14.4 Å². The third-order valence-corrected chi connectivity index (χ3v) is 7.70. The van der Waals surface area contributed by atoms with Crippen LogP contribution >= 0.6 is 0 Å². The second kappa shape index (κ2) is 7.78. The Morgan fingerprint density at radius 2 is 2.03 bits per heavy atom. The van der Waals surface area contributed by atoms with E-state index in [1.807, 2.05) is 27.0 Å². The molecule has 0 aromatic carbocycles. The van der Waals surface area contributed by atoms with Crippen molar-refractivity contribution in [3.05, 3.63) is 11.9 Å². The number of aromatic nitrogens is 3. The zero-order valence-electron chi connectivity index (χ0n) is 19.6. The molecule has 2 saturated heterocycles. The molecule has 5 rings (SSSR count). The number of hydrogen-bond donors (Lipinski definition) is 3. The van der Waals surface area contributed by atoms with E-state index in [4.69, 9.17) is 0 Å². The van der Waals surface area contributed by atoms with Gasteiger partial charge in [-0.2, -0.15) is 0 Å². The Labute approximate surface area is 193 Å². The lowest BCUT2D eigenvalue weighted by atomic mass is 9.64. The fourth-order valence-electron chi connectivity index (χ4n) is 5.71. The predicted molar refractivity (Wildman–Crippen MR) is 118 cm³/mol. The molecule has 3 atom stereocenters. The fraction of sp³-hybridized carbons (Fsp3) is 0.783. The van der Waals surface area contributed by atoms with Crippen molar-refractivity contribution in [3.63, 3.8) is 0 Å². The van der Waals surface area contributed by atoms with E-state index in [1.54, 1.807) is 4.68 Å². The van der Waals surface area contributed by atoms with Crippen LogP contribution in [0, 0.1) is 10.8 Å². The number of nitrogens with one attached hydrogen (secondary N) is 2. The normalized spacial score (nSPS) is 32.5. The molecule has 4 fully saturated rings. The molecule has 3 amide bonds. The lowest BCUT2D eigenvalue weighted by molar-refractivity contribution is -0.145. The quantitative estimate of drug-likeness (QED) is 0.589. The van der Waals surface area contributed by atoms with E-state index in [0.717, 1.165) is 25.0 Å². The van der Waals surface area contributed by atoms with E-state index < -0.39 is 23.6 Å². The number of amides is 3. The Balaban J connectivity index is 1.30. The van der Waals surface area contributed by atoms with Crippen molar-refractivity contribution in [2.45, 2.75) is 89.4 Å². The summed E-state index contributed by atoms with van der Waals surface area (Å²) in [7, 11) is 0. The van der Waals surface area contributed by atoms with Crippen LogP contribution in [0.2, 0.25) is 0 Å². The number of aliphatic hydroxyl groups excluding tert-OH is 1. The second-order valence-corrected chi connectivity index (χ2v) is 11.5. The molecule has 0 bridgehead atoms. The molecule has 3 N–H and O–H groups in total. The van der Waals surface area contributed by atoms with Gasteiger partial charge in [0.2, 0.25) is 17.7 Å². The minimum Gasteiger partial charge on any atom is -0.391 e. The van der Waals surface area contributed by atoms with Crippen molar-refractivity contribution < 1.29 is 19.5 Å². The van der Waals surface area contributed by atoms with Gasteiger partial charge in [0.15, 0.2) is 0 Å². The van der Waals surface area contributed by atoms with E-state index in [1.165, 1.54) is 4.90 Å². The molecule has 0 unspecified atom stereocenters. The van der Waals surface area contributed by atoms with Crippen molar-refractivity contribution in [2.24, 2.45) is 10.8 Å². The molecule has 10 heteroatoms. The molecule has 0 radical (unpaired) electrons. The van der Waals surface area contributed by atoms with Crippen molar-refractivity contribution in [1.29, 1.82) is 0 Å². The highest BCUT2D eigenvalue weighted by atomic mass is 16.3. The van der Waals surface area contributed by atoms with Gasteiger partial charge in [0.1, 0.15) is 12.1 Å². The molecule has 2 aliphatic carbocycles. The number of β-amino-alcohol motifs (C(OH)–C–C–N with tert-alkyl or cyclic N) is 1. The van der Waals surface area contributed by atoms with Crippen LogP contribution in [0.4, 0.5) is 0 Å². The van der Waals surface area contributed by atoms with Crippen molar-refractivity contribution in [1.82, 2.24) is 30.5 Å². The van der Waals surface area contributed by atoms with E-state index in [-0.39, 0.29) is 42.1 Å². The summed E-state index contributed by atoms with van der Waals surface area (Å²) in [6.07, 6.45) is 5.55. The SMILES string of the molecule is CC(C)(C)[C@H](C(=O)N1C[C@H](O)C[C@H]1C(=O)NC1CC2(CCNC2=O)C1)n1cc(C2CC2)nn1. The predicted octanol–water partition coefficient (Wildman–Crippen LogP) is 0.489. The molecule has 180 valence electrons. The summed E-state index contributed by atoms with van der Waals surface area (Å²) in [6, 6.07) is -1.45. The van der Waals surface area contributed by atoms with Gasteiger partial charge in [0.25, 0.3) is 0 Å². The molecule has 3 heterocycles. The summed E-state index contributed by atoms with van der Waals surface area (Å²) in [5.74, 6) is 0.0107. The van der Waals surface area contributed by atoms with E-state index in [0.29, 0.717) is 25.3 Å². The summed E-state index contributed by atoms with van der Waals surface area (Å²) in [5, 5.41) is 24.8. The zero-order chi connectivity index (χ0) is 23.5. The van der Waals surface area contributed by atoms with Gasteiger partial charge in [-0.15, -0.1) is 5.10 Å². The highest BCUT2D eigenvalue weighted by Crippen LogP contribution is 2.46. The molecular formula is C23H34N6O4. The zero-order valence-corrected chi connectivity index (χ0v) is 19.6. The monoisotopic (exact) mass is 458 g/mol. The first-order valence-electron chi connectivity index (χ1n) is 12.1. The molecule has 10 nitrogen and oxygen atoms in total. The van der Waals surface area contributed by atoms with Gasteiger partial charge < -0.3 is 20.6 Å². The first kappa shape index (κ1) is 22.3. The van der Waals surface area contributed by atoms with Crippen LogP contribution in [0.3, 0.4) is 0 Å². The Kier molecular flexibility index (Phi) is 5.26. The maximum absolute atomic E-state index is 13.8. The first-order valence-corrected chi connectivity index (χ1v) is 12.1. The van der Waals surface area contributed by atoms with Crippen LogP contribution < -0.4 is 10.6 Å². The highest BCUT2D eigenvalue weighted by Gasteiger charge is 2.53. The summed E-state index contributed by atoms with van der Waals surface area (Å²) in [5.41, 5.74) is 0.102. The van der Waals surface area contributed by atoms with E-state index >= 15 is 0 Å². The number of likely N-dealkylation sites (tertiary alicyclic amines) is 1. The standard InChI is InChI=1S/C23H34N6O4/c1-22(2,3)18(29-12-16(26-27-29)13-4-5-13)20(32)28-11-15(30)8-17(28)19(31)25-14-9-23(10-14)6-7-24-21(23)33/h12-15,17-18,30H,4-11H2,1-3H3,(H,24,33)(H,25,31)/t14?,15-,17+,18+,23?/m1/s1. The molecule has 1 aromatic rings. The third-order valence-electron chi connectivity index (χ3n) is 7.70. The van der Waals surface area contributed by atoms with Gasteiger partial charge in [-0.25, -0.2) is 4.68 Å². The van der Waals surface area contributed by atoms with Crippen molar-refractivity contribution in [3.8, 4) is 0 Å². The van der Waals surface area contributed by atoms with Crippen LogP contribution in [0.25, 0.3) is 0 Å². The summed E-state index contributed by atoms with van der Waals surface area (Å²) in [4.78, 5) is 40.5. The van der Waals surface area contributed by atoms with Crippen molar-refractivity contribution >= 4 is 17.7 Å². The van der Waals surface area contributed by atoms with Gasteiger partial charge in [0.05, 0.1) is 17.2 Å². The second-order valence-electron chi connectivity index (χ2n) is 11.5. The van der Waals surface area contributed by atoms with Gasteiger partial charge in [-0.05, 0) is 37.5 Å². The van der Waals surface area contributed by atoms with Crippen LogP contribution in [0.5, 0.6) is 0 Å². The Hall–Kier alpha value is -2.49. The average Bonchev–Trinajstić information content (AvgIpc) is 3.11. The van der Waals surface area contributed by atoms with Crippen LogP contribution in [0.15, 0.2) is 6.20 Å². The average molecular weight is 459 g/mol. The smallest absolute Gasteiger partial charge is 0.248 e. The van der Waals surface area contributed by atoms with Crippen LogP contribution in [-0.2, 0) is 14.4 Å². The minimum absolute atomic E-state index is 0.0764. The number of nitrogens with zero attached hydrogens (tertiary/aromatic N) is 4. The first-order chi connectivity index (χ1) is 15.6. The maximum Gasteiger partial charge on any atom is 0.248 e. The number of carbonyl (C=O) groups excluding carboxylic acids is 3. The topological polar surface area (TPSA) is 129 Å². The maximum atomic E-state index is 13.8. The summed E-state index contributed by atoms with van der Waals surface area (Å²) in [6.45, 7) is 6.71. The van der Waals surface area contributed by atoms with E-state index in [2.05, 4.69) is 20.9 Å². The largest absolute Gasteiger partial charge is 0.391 e. The van der Waals surface area contributed by atoms with Gasteiger partial charge >= 0.3 is 0 Å². The lowest BCUT2D eigenvalue weighted by Gasteiger charge is -2.43. The minimum atomic E-state index is -0.753. The highest BCUT2D eigenvalue weighted by molar-refractivity contribution is 5.91. The Morgan fingerprint density at radius 3 is 2.64 bits per heavy atom. The number of rotatable bonds is 5. The Bertz CT molecular complexity index is 958.